The number of halogens is 1. The number of Topliss-reactive ketones (excluding diaryl/α,β-unsaturated/α-hetero) is 1. The van der Waals surface area contributed by atoms with E-state index in [0.717, 1.165) is 24.0 Å². The maximum absolute atomic E-state index is 14.3. The highest BCUT2D eigenvalue weighted by Crippen LogP contribution is 2.25. The fourth-order valence-corrected chi connectivity index (χ4v) is 3.77. The third-order valence-electron chi connectivity index (χ3n) is 5.81. The molecule has 2 aromatic rings. The number of hydrogen-bond donors (Lipinski definition) is 1. The second-order valence-corrected chi connectivity index (χ2v) is 8.39. The number of hydrogen-bond acceptors (Lipinski definition) is 3. The van der Waals surface area contributed by atoms with Crippen LogP contribution in [0.5, 0.6) is 0 Å². The molecule has 2 rings (SSSR count). The van der Waals surface area contributed by atoms with Gasteiger partial charge in [0.05, 0.1) is 5.56 Å². The van der Waals surface area contributed by atoms with E-state index in [1.165, 1.54) is 6.07 Å². The third kappa shape index (κ3) is 7.72. The van der Waals surface area contributed by atoms with E-state index in [0.29, 0.717) is 19.4 Å². The molecule has 0 saturated heterocycles. The Balaban J connectivity index is 1.99. The lowest BCUT2D eigenvalue weighted by atomic mass is 9.91. The smallest absolute Gasteiger partial charge is 0.220 e. The zero-order valence-electron chi connectivity index (χ0n) is 19.4. The number of rotatable bonds is 13. The van der Waals surface area contributed by atoms with Gasteiger partial charge in [0.1, 0.15) is 5.82 Å². The molecule has 0 unspecified atom stereocenters. The molecule has 2 atom stereocenters. The van der Waals surface area contributed by atoms with Gasteiger partial charge in [0.2, 0.25) is 5.91 Å². The molecule has 0 spiro atoms. The first kappa shape index (κ1) is 25.5. The molecule has 1 N–H and O–H groups in total. The minimum absolute atomic E-state index is 0.00448. The lowest BCUT2D eigenvalue weighted by Gasteiger charge is -2.25. The van der Waals surface area contributed by atoms with Gasteiger partial charge >= 0.3 is 0 Å². The summed E-state index contributed by atoms with van der Waals surface area (Å²) in [5.41, 5.74) is 2.10. The van der Waals surface area contributed by atoms with Crippen molar-refractivity contribution in [2.24, 2.45) is 0 Å². The predicted molar refractivity (Wildman–Crippen MR) is 128 cm³/mol. The Morgan fingerprint density at radius 1 is 1.16 bits per heavy atom. The van der Waals surface area contributed by atoms with Crippen LogP contribution in [-0.4, -0.2) is 43.3 Å². The summed E-state index contributed by atoms with van der Waals surface area (Å²) in [6.07, 6.45) is 4.88. The summed E-state index contributed by atoms with van der Waals surface area (Å²) in [5.74, 6) is -0.534. The summed E-state index contributed by atoms with van der Waals surface area (Å²) in [6, 6.07) is 14.9. The lowest BCUT2D eigenvalue weighted by Crippen LogP contribution is -2.42. The number of benzene rings is 2. The van der Waals surface area contributed by atoms with Crippen molar-refractivity contribution in [3.8, 4) is 0 Å². The van der Waals surface area contributed by atoms with Crippen LogP contribution in [0, 0.1) is 5.82 Å². The molecule has 32 heavy (non-hydrogen) atoms. The van der Waals surface area contributed by atoms with Crippen molar-refractivity contribution >= 4 is 11.7 Å². The molecule has 0 aliphatic carbocycles. The lowest BCUT2D eigenvalue weighted by molar-refractivity contribution is -0.121. The Labute approximate surface area is 191 Å². The minimum Gasteiger partial charge on any atom is -0.355 e. The standard InChI is InChI=1S/C27H35FN2O2/c1-5-7-11-22(21-12-9-8-10-13-21)18-27(32)29-19-23(30(3)4)16-20-14-15-24(25(28)17-20)26(31)6-2/h5,8-10,12-15,17,22-23H,1,6-7,11,16,18-19H2,2-4H3,(H,29,32)/t22-,23-/m0/s1. The Morgan fingerprint density at radius 2 is 1.88 bits per heavy atom. The van der Waals surface area contributed by atoms with Gasteiger partial charge in [0.25, 0.3) is 0 Å². The van der Waals surface area contributed by atoms with Crippen molar-refractivity contribution in [3.63, 3.8) is 0 Å². The quantitative estimate of drug-likeness (QED) is 0.348. The molecular formula is C27H35FN2O2. The van der Waals surface area contributed by atoms with Gasteiger partial charge in [-0.05, 0) is 62.5 Å². The second kappa shape index (κ2) is 12.9. The third-order valence-corrected chi connectivity index (χ3v) is 5.81. The van der Waals surface area contributed by atoms with E-state index in [-0.39, 0.29) is 35.6 Å². The number of carbonyl (C=O) groups excluding carboxylic acids is 2. The maximum atomic E-state index is 14.3. The minimum atomic E-state index is -0.483. The highest BCUT2D eigenvalue weighted by atomic mass is 19.1. The zero-order valence-corrected chi connectivity index (χ0v) is 19.4. The summed E-state index contributed by atoms with van der Waals surface area (Å²) in [5, 5.41) is 3.06. The SMILES string of the molecule is C=CCC[C@@H](CC(=O)NC[C@H](Cc1ccc(C(=O)CC)c(F)c1)N(C)C)c1ccccc1. The normalized spacial score (nSPS) is 12.9. The van der Waals surface area contributed by atoms with E-state index in [4.69, 9.17) is 0 Å². The van der Waals surface area contributed by atoms with Gasteiger partial charge in [0, 0.05) is 25.4 Å². The maximum Gasteiger partial charge on any atom is 0.220 e. The highest BCUT2D eigenvalue weighted by Gasteiger charge is 2.19. The van der Waals surface area contributed by atoms with E-state index >= 15 is 0 Å². The Morgan fingerprint density at radius 3 is 2.47 bits per heavy atom. The Hall–Kier alpha value is -2.79. The largest absolute Gasteiger partial charge is 0.355 e. The van der Waals surface area contributed by atoms with Crippen LogP contribution in [0.15, 0.2) is 61.2 Å². The van der Waals surface area contributed by atoms with Crippen LogP contribution in [0.3, 0.4) is 0 Å². The number of likely N-dealkylation sites (N-methyl/N-ethyl adjacent to an activating group) is 1. The van der Waals surface area contributed by atoms with E-state index in [1.54, 1.807) is 19.1 Å². The van der Waals surface area contributed by atoms with Gasteiger partial charge in [-0.15, -0.1) is 6.58 Å². The van der Waals surface area contributed by atoms with Gasteiger partial charge in [-0.1, -0.05) is 49.4 Å². The van der Waals surface area contributed by atoms with Crippen LogP contribution in [-0.2, 0) is 11.2 Å². The molecule has 0 aliphatic heterocycles. The van der Waals surface area contributed by atoms with Crippen molar-refractivity contribution in [1.82, 2.24) is 10.2 Å². The summed E-state index contributed by atoms with van der Waals surface area (Å²) >= 11 is 0. The second-order valence-electron chi connectivity index (χ2n) is 8.39. The first-order valence-electron chi connectivity index (χ1n) is 11.3. The fourth-order valence-electron chi connectivity index (χ4n) is 3.77. The number of nitrogens with one attached hydrogen (secondary N) is 1. The summed E-state index contributed by atoms with van der Waals surface area (Å²) < 4.78 is 14.3. The Kier molecular flexibility index (Phi) is 10.3. The molecule has 0 heterocycles. The summed E-state index contributed by atoms with van der Waals surface area (Å²) in [4.78, 5) is 26.6. The molecule has 5 heteroatoms. The molecular weight excluding hydrogens is 403 g/mol. The molecule has 0 aliphatic rings. The van der Waals surface area contributed by atoms with Crippen LogP contribution in [0.4, 0.5) is 4.39 Å². The van der Waals surface area contributed by atoms with Gasteiger partial charge in [-0.2, -0.15) is 0 Å². The highest BCUT2D eigenvalue weighted by molar-refractivity contribution is 5.96. The van der Waals surface area contributed by atoms with Crippen molar-refractivity contribution in [2.75, 3.05) is 20.6 Å². The molecule has 0 saturated carbocycles. The first-order chi connectivity index (χ1) is 15.3. The van der Waals surface area contributed by atoms with Crippen LogP contribution >= 0.6 is 0 Å². The summed E-state index contributed by atoms with van der Waals surface area (Å²) in [7, 11) is 3.89. The number of allylic oxidation sites excluding steroid dienone is 1. The topological polar surface area (TPSA) is 49.4 Å². The van der Waals surface area contributed by atoms with E-state index in [1.807, 2.05) is 43.3 Å². The average Bonchev–Trinajstić information content (AvgIpc) is 2.79. The van der Waals surface area contributed by atoms with Gasteiger partial charge in [-0.3, -0.25) is 9.59 Å². The number of amides is 1. The molecule has 1 amide bonds. The van der Waals surface area contributed by atoms with Crippen LogP contribution < -0.4 is 5.32 Å². The number of nitrogens with zero attached hydrogens (tertiary/aromatic N) is 1. The molecule has 0 bridgehead atoms. The van der Waals surface area contributed by atoms with Crippen molar-refractivity contribution < 1.29 is 14.0 Å². The fraction of sp³-hybridized carbons (Fsp3) is 0.407. The zero-order chi connectivity index (χ0) is 23.5. The first-order valence-corrected chi connectivity index (χ1v) is 11.3. The van der Waals surface area contributed by atoms with E-state index < -0.39 is 5.82 Å². The molecule has 172 valence electrons. The summed E-state index contributed by atoms with van der Waals surface area (Å²) in [6.45, 7) is 5.99. The molecule has 2 aromatic carbocycles. The van der Waals surface area contributed by atoms with Crippen LogP contribution in [0.25, 0.3) is 0 Å². The molecule has 0 radical (unpaired) electrons. The monoisotopic (exact) mass is 438 g/mol. The molecule has 4 nitrogen and oxygen atoms in total. The van der Waals surface area contributed by atoms with Gasteiger partial charge < -0.3 is 10.2 Å². The molecule has 0 aromatic heterocycles. The van der Waals surface area contributed by atoms with E-state index in [9.17, 15) is 14.0 Å². The number of ketones is 1. The number of carbonyl (C=O) groups is 2. The average molecular weight is 439 g/mol. The van der Waals surface area contributed by atoms with Crippen LogP contribution in [0.2, 0.25) is 0 Å². The predicted octanol–water partition coefficient (Wildman–Crippen LogP) is 5.15. The van der Waals surface area contributed by atoms with Crippen molar-refractivity contribution in [3.05, 3.63) is 83.7 Å². The molecule has 0 fully saturated rings. The van der Waals surface area contributed by atoms with Gasteiger partial charge in [0.15, 0.2) is 5.78 Å². The Bertz CT molecular complexity index is 896. The van der Waals surface area contributed by atoms with E-state index in [2.05, 4.69) is 24.0 Å². The van der Waals surface area contributed by atoms with Crippen molar-refractivity contribution in [1.29, 1.82) is 0 Å². The van der Waals surface area contributed by atoms with Gasteiger partial charge in [-0.25, -0.2) is 4.39 Å². The van der Waals surface area contributed by atoms with Crippen molar-refractivity contribution in [2.45, 2.75) is 51.0 Å². The van der Waals surface area contributed by atoms with Crippen LogP contribution in [0.1, 0.15) is 60.0 Å².